The average Bonchev–Trinajstić information content (AvgIpc) is 2.91. The average molecular weight is 487 g/mol. The van der Waals surface area contributed by atoms with Crippen molar-refractivity contribution in [3.05, 3.63) is 65.5 Å². The van der Waals surface area contributed by atoms with Crippen molar-refractivity contribution in [2.75, 3.05) is 25.0 Å². The first-order chi connectivity index (χ1) is 17.5. The number of hydrogen-bond acceptors (Lipinski definition) is 5. The number of aromatic nitrogens is 2. The molecule has 1 saturated heterocycles. The maximum absolute atomic E-state index is 12.9. The molecule has 36 heavy (non-hydrogen) atoms. The van der Waals surface area contributed by atoms with Crippen molar-refractivity contribution in [3.8, 4) is 0 Å². The molecule has 2 aliphatic heterocycles. The van der Waals surface area contributed by atoms with Crippen molar-refractivity contribution < 1.29 is 14.7 Å². The summed E-state index contributed by atoms with van der Waals surface area (Å²) >= 11 is 0. The van der Waals surface area contributed by atoms with Crippen molar-refractivity contribution in [2.45, 2.75) is 57.3 Å². The molecule has 2 aromatic heterocycles. The van der Waals surface area contributed by atoms with E-state index in [1.165, 1.54) is 5.56 Å². The number of rotatable bonds is 8. The van der Waals surface area contributed by atoms with Crippen molar-refractivity contribution >= 4 is 28.6 Å². The SMILES string of the molecule is O=C(O)C[C@@H](CC1CCN(C(=O)CCc2ccc3c(n2)NCCC3)CC1)c1cnc2ccccc2c1. The Labute approximate surface area is 211 Å². The van der Waals surface area contributed by atoms with Gasteiger partial charge in [0.2, 0.25) is 5.91 Å². The number of carboxylic acid groups (broad SMARTS) is 1. The molecule has 0 radical (unpaired) electrons. The van der Waals surface area contributed by atoms with Gasteiger partial charge in [0.1, 0.15) is 5.82 Å². The molecular weight excluding hydrogens is 452 g/mol. The lowest BCUT2D eigenvalue weighted by atomic mass is 9.82. The Morgan fingerprint density at radius 2 is 1.97 bits per heavy atom. The van der Waals surface area contributed by atoms with Crippen molar-refractivity contribution in [1.29, 1.82) is 0 Å². The summed E-state index contributed by atoms with van der Waals surface area (Å²) in [7, 11) is 0. The second kappa shape index (κ2) is 11.1. The molecule has 1 aromatic carbocycles. The topological polar surface area (TPSA) is 95.4 Å². The van der Waals surface area contributed by atoms with E-state index in [9.17, 15) is 14.7 Å². The summed E-state index contributed by atoms with van der Waals surface area (Å²) in [5, 5.41) is 13.9. The van der Waals surface area contributed by atoms with Crippen LogP contribution in [0.5, 0.6) is 0 Å². The summed E-state index contributed by atoms with van der Waals surface area (Å²) in [4.78, 5) is 35.7. The first kappa shape index (κ1) is 24.2. The van der Waals surface area contributed by atoms with Gasteiger partial charge >= 0.3 is 5.97 Å². The van der Waals surface area contributed by atoms with Crippen LogP contribution < -0.4 is 5.32 Å². The van der Waals surface area contributed by atoms with E-state index >= 15 is 0 Å². The standard InChI is InChI=1S/C29H34N4O3/c34-27(10-9-25-8-7-21-5-3-13-30-29(21)32-25)33-14-11-20(12-15-33)16-23(18-28(35)36)24-17-22-4-1-2-6-26(22)31-19-24/h1-2,4,6-8,17,19-20,23H,3,5,9-16,18H2,(H,30,32)(H,35,36)/t23-/m1/s1. The Morgan fingerprint density at radius 3 is 2.81 bits per heavy atom. The predicted molar refractivity (Wildman–Crippen MR) is 140 cm³/mol. The highest BCUT2D eigenvalue weighted by Gasteiger charge is 2.27. The third-order valence-corrected chi connectivity index (χ3v) is 7.64. The van der Waals surface area contributed by atoms with Crippen LogP contribution in [0.1, 0.15) is 61.3 Å². The number of para-hydroxylation sites is 1. The summed E-state index contributed by atoms with van der Waals surface area (Å²) in [5.41, 5.74) is 4.14. The second-order valence-electron chi connectivity index (χ2n) is 10.2. The van der Waals surface area contributed by atoms with Crippen LogP contribution >= 0.6 is 0 Å². The van der Waals surface area contributed by atoms with Gasteiger partial charge in [0.05, 0.1) is 11.9 Å². The van der Waals surface area contributed by atoms with E-state index in [1.54, 1.807) is 0 Å². The third-order valence-electron chi connectivity index (χ3n) is 7.64. The van der Waals surface area contributed by atoms with Crippen LogP contribution in [0, 0.1) is 5.92 Å². The third kappa shape index (κ3) is 5.83. The van der Waals surface area contributed by atoms with Gasteiger partial charge in [-0.25, -0.2) is 4.98 Å². The molecular formula is C29H34N4O3. The van der Waals surface area contributed by atoms with E-state index in [-0.39, 0.29) is 18.2 Å². The van der Waals surface area contributed by atoms with Crippen LogP contribution in [0.3, 0.4) is 0 Å². The van der Waals surface area contributed by atoms with E-state index in [2.05, 4.69) is 28.5 Å². The van der Waals surface area contributed by atoms with Crippen molar-refractivity contribution in [3.63, 3.8) is 0 Å². The Kier molecular flexibility index (Phi) is 7.44. The molecule has 2 aliphatic rings. The molecule has 0 saturated carbocycles. The molecule has 5 rings (SSSR count). The maximum Gasteiger partial charge on any atom is 0.303 e. The van der Waals surface area contributed by atoms with Gasteiger partial charge in [-0.15, -0.1) is 0 Å². The summed E-state index contributed by atoms with van der Waals surface area (Å²) < 4.78 is 0. The van der Waals surface area contributed by atoms with E-state index in [0.29, 0.717) is 18.8 Å². The van der Waals surface area contributed by atoms with Gasteiger partial charge in [-0.2, -0.15) is 0 Å². The van der Waals surface area contributed by atoms with Crippen LogP contribution in [-0.4, -0.2) is 51.5 Å². The summed E-state index contributed by atoms with van der Waals surface area (Å²) in [6, 6.07) is 14.2. The largest absolute Gasteiger partial charge is 0.481 e. The lowest BCUT2D eigenvalue weighted by Crippen LogP contribution is -2.39. The number of carboxylic acids is 1. The molecule has 7 heteroatoms. The molecule has 1 atom stereocenters. The number of nitrogens with zero attached hydrogens (tertiary/aromatic N) is 3. The maximum atomic E-state index is 12.9. The van der Waals surface area contributed by atoms with Crippen LogP contribution in [0.15, 0.2) is 48.7 Å². The van der Waals surface area contributed by atoms with Crippen molar-refractivity contribution in [2.24, 2.45) is 5.92 Å². The molecule has 0 bridgehead atoms. The predicted octanol–water partition coefficient (Wildman–Crippen LogP) is 4.81. The van der Waals surface area contributed by atoms with Gasteiger partial charge in [0, 0.05) is 43.3 Å². The summed E-state index contributed by atoms with van der Waals surface area (Å²) in [6.07, 6.45) is 7.88. The molecule has 188 valence electrons. The summed E-state index contributed by atoms with van der Waals surface area (Å²) in [6.45, 7) is 2.43. The fourth-order valence-electron chi connectivity index (χ4n) is 5.58. The number of aliphatic carboxylic acids is 1. The van der Waals surface area contributed by atoms with Gasteiger partial charge in [-0.05, 0) is 79.7 Å². The fourth-order valence-corrected chi connectivity index (χ4v) is 5.58. The number of pyridine rings is 2. The quantitative estimate of drug-likeness (QED) is 0.475. The highest BCUT2D eigenvalue weighted by Crippen LogP contribution is 2.33. The number of benzene rings is 1. The van der Waals surface area contributed by atoms with Crippen LogP contribution in [0.4, 0.5) is 5.82 Å². The molecule has 0 aliphatic carbocycles. The monoisotopic (exact) mass is 486 g/mol. The Bertz CT molecular complexity index is 1240. The van der Waals surface area contributed by atoms with E-state index in [4.69, 9.17) is 4.98 Å². The number of hydrogen-bond donors (Lipinski definition) is 2. The Balaban J connectivity index is 1.14. The van der Waals surface area contributed by atoms with Gasteiger partial charge in [0.25, 0.3) is 0 Å². The zero-order valence-corrected chi connectivity index (χ0v) is 20.7. The zero-order chi connectivity index (χ0) is 24.9. The second-order valence-corrected chi connectivity index (χ2v) is 10.2. The molecule has 7 nitrogen and oxygen atoms in total. The Hall–Kier alpha value is -3.48. The molecule has 0 spiro atoms. The normalized spacial score (nSPS) is 16.8. The molecule has 0 unspecified atom stereocenters. The van der Waals surface area contributed by atoms with Gasteiger partial charge in [-0.3, -0.25) is 14.6 Å². The van der Waals surface area contributed by atoms with Gasteiger partial charge in [-0.1, -0.05) is 24.3 Å². The van der Waals surface area contributed by atoms with Gasteiger partial charge in [0.15, 0.2) is 0 Å². The minimum absolute atomic E-state index is 0.0736. The summed E-state index contributed by atoms with van der Waals surface area (Å²) in [5.74, 6) is 0.701. The lowest BCUT2D eigenvalue weighted by Gasteiger charge is -2.33. The van der Waals surface area contributed by atoms with Crippen LogP contribution in [-0.2, 0) is 22.4 Å². The van der Waals surface area contributed by atoms with E-state index in [1.807, 2.05) is 35.4 Å². The number of amides is 1. The van der Waals surface area contributed by atoms with Crippen molar-refractivity contribution in [1.82, 2.24) is 14.9 Å². The first-order valence-corrected chi connectivity index (χ1v) is 13.1. The highest BCUT2D eigenvalue weighted by atomic mass is 16.4. The molecule has 3 aromatic rings. The highest BCUT2D eigenvalue weighted by molar-refractivity contribution is 5.79. The fraction of sp³-hybridized carbons (Fsp3) is 0.448. The van der Waals surface area contributed by atoms with E-state index < -0.39 is 5.97 Å². The molecule has 1 fully saturated rings. The molecule has 1 amide bonds. The number of anilines is 1. The number of fused-ring (bicyclic) bond motifs is 2. The number of carbonyl (C=O) groups is 2. The lowest BCUT2D eigenvalue weighted by molar-refractivity contribution is -0.137. The van der Waals surface area contributed by atoms with Gasteiger partial charge < -0.3 is 15.3 Å². The van der Waals surface area contributed by atoms with E-state index in [0.717, 1.165) is 79.7 Å². The first-order valence-electron chi connectivity index (χ1n) is 13.1. The number of aryl methyl sites for hydroxylation is 2. The smallest absolute Gasteiger partial charge is 0.303 e. The zero-order valence-electron chi connectivity index (χ0n) is 20.7. The number of nitrogens with one attached hydrogen (secondary N) is 1. The molecule has 4 heterocycles. The Morgan fingerprint density at radius 1 is 1.14 bits per heavy atom. The minimum atomic E-state index is -0.785. The molecule has 2 N–H and O–H groups in total. The number of carbonyl (C=O) groups excluding carboxylic acids is 1. The van der Waals surface area contributed by atoms with Crippen LogP contribution in [0.25, 0.3) is 10.9 Å². The number of piperidine rings is 1. The number of likely N-dealkylation sites (tertiary alicyclic amines) is 1. The minimum Gasteiger partial charge on any atom is -0.481 e. The van der Waals surface area contributed by atoms with Crippen LogP contribution in [0.2, 0.25) is 0 Å².